The molecule has 0 unspecified atom stereocenters. The van der Waals surface area contributed by atoms with Crippen molar-refractivity contribution in [2.75, 3.05) is 13.2 Å². The molecule has 0 aliphatic carbocycles. The SMILES string of the molecule is CCn1cc(Cl)c(-c2nc([C@@H]3CCOC3)no2)n1. The molecule has 3 heterocycles. The van der Waals surface area contributed by atoms with Gasteiger partial charge in [0, 0.05) is 25.3 Å². The fourth-order valence-electron chi connectivity index (χ4n) is 1.94. The van der Waals surface area contributed by atoms with Gasteiger partial charge < -0.3 is 9.26 Å². The highest BCUT2D eigenvalue weighted by molar-refractivity contribution is 6.32. The minimum Gasteiger partial charge on any atom is -0.381 e. The van der Waals surface area contributed by atoms with Crippen LogP contribution in [0, 0.1) is 0 Å². The van der Waals surface area contributed by atoms with E-state index in [1.807, 2.05) is 6.92 Å². The lowest BCUT2D eigenvalue weighted by atomic mass is 10.1. The minimum atomic E-state index is 0.217. The average molecular weight is 269 g/mol. The molecule has 1 aliphatic rings. The van der Waals surface area contributed by atoms with Crippen molar-refractivity contribution in [2.45, 2.75) is 25.8 Å². The van der Waals surface area contributed by atoms with Gasteiger partial charge in [-0.25, -0.2) is 0 Å². The third-order valence-electron chi connectivity index (χ3n) is 2.98. The Balaban J connectivity index is 1.89. The standard InChI is InChI=1S/C11H13ClN4O2/c1-2-16-5-8(12)9(14-16)11-13-10(15-18-11)7-3-4-17-6-7/h5,7H,2-4,6H2,1H3/t7-/m1/s1. The van der Waals surface area contributed by atoms with E-state index in [1.54, 1.807) is 10.9 Å². The Hall–Kier alpha value is -1.40. The van der Waals surface area contributed by atoms with Gasteiger partial charge in [-0.05, 0) is 13.3 Å². The van der Waals surface area contributed by atoms with E-state index in [9.17, 15) is 0 Å². The summed E-state index contributed by atoms with van der Waals surface area (Å²) in [5.41, 5.74) is 0.538. The highest BCUT2D eigenvalue weighted by atomic mass is 35.5. The number of nitrogens with zero attached hydrogens (tertiary/aromatic N) is 4. The van der Waals surface area contributed by atoms with E-state index < -0.39 is 0 Å². The summed E-state index contributed by atoms with van der Waals surface area (Å²) >= 11 is 6.09. The van der Waals surface area contributed by atoms with Crippen molar-refractivity contribution < 1.29 is 9.26 Å². The third-order valence-corrected chi connectivity index (χ3v) is 3.26. The molecule has 0 aromatic carbocycles. The lowest BCUT2D eigenvalue weighted by Crippen LogP contribution is -1.99. The summed E-state index contributed by atoms with van der Waals surface area (Å²) in [6, 6.07) is 0. The van der Waals surface area contributed by atoms with Gasteiger partial charge >= 0.3 is 0 Å². The van der Waals surface area contributed by atoms with E-state index >= 15 is 0 Å². The van der Waals surface area contributed by atoms with Crippen molar-refractivity contribution in [1.82, 2.24) is 19.9 Å². The van der Waals surface area contributed by atoms with Gasteiger partial charge in [-0.3, -0.25) is 4.68 Å². The maximum absolute atomic E-state index is 6.09. The van der Waals surface area contributed by atoms with Crippen molar-refractivity contribution in [3.8, 4) is 11.6 Å². The quantitative estimate of drug-likeness (QED) is 0.853. The second kappa shape index (κ2) is 4.70. The lowest BCUT2D eigenvalue weighted by molar-refractivity contribution is 0.192. The number of hydrogen-bond acceptors (Lipinski definition) is 5. The highest BCUT2D eigenvalue weighted by Crippen LogP contribution is 2.28. The summed E-state index contributed by atoms with van der Waals surface area (Å²) in [7, 11) is 0. The van der Waals surface area contributed by atoms with Gasteiger partial charge in [-0.1, -0.05) is 16.8 Å². The predicted molar refractivity (Wildman–Crippen MR) is 64.4 cm³/mol. The molecule has 1 aliphatic heterocycles. The Morgan fingerprint density at radius 3 is 3.11 bits per heavy atom. The first-order valence-electron chi connectivity index (χ1n) is 5.92. The van der Waals surface area contributed by atoms with Crippen LogP contribution in [0.2, 0.25) is 5.02 Å². The molecule has 0 saturated carbocycles. The number of hydrogen-bond donors (Lipinski definition) is 0. The van der Waals surface area contributed by atoms with Crippen molar-refractivity contribution in [3.63, 3.8) is 0 Å². The number of halogens is 1. The second-order valence-electron chi connectivity index (χ2n) is 4.20. The van der Waals surface area contributed by atoms with Crippen LogP contribution < -0.4 is 0 Å². The number of aryl methyl sites for hydroxylation is 1. The summed E-state index contributed by atoms with van der Waals surface area (Å²) in [6.45, 7) is 4.13. The molecule has 7 heteroatoms. The van der Waals surface area contributed by atoms with Crippen molar-refractivity contribution in [3.05, 3.63) is 17.0 Å². The summed E-state index contributed by atoms with van der Waals surface area (Å²) in [5, 5.41) is 8.80. The Bertz CT molecular complexity index is 545. The predicted octanol–water partition coefficient (Wildman–Crippen LogP) is 2.11. The van der Waals surface area contributed by atoms with Gasteiger partial charge in [-0.2, -0.15) is 10.1 Å². The van der Waals surface area contributed by atoms with Crippen LogP contribution in [-0.4, -0.2) is 33.1 Å². The van der Waals surface area contributed by atoms with Crippen LogP contribution >= 0.6 is 11.6 Å². The molecule has 0 spiro atoms. The molecule has 0 amide bonds. The first-order chi connectivity index (χ1) is 8.78. The maximum Gasteiger partial charge on any atom is 0.279 e. The first kappa shape index (κ1) is 11.7. The summed E-state index contributed by atoms with van der Waals surface area (Å²) in [4.78, 5) is 4.35. The molecule has 18 heavy (non-hydrogen) atoms. The largest absolute Gasteiger partial charge is 0.381 e. The molecule has 0 bridgehead atoms. The van der Waals surface area contributed by atoms with Crippen LogP contribution in [0.25, 0.3) is 11.6 Å². The third kappa shape index (κ3) is 2.02. The smallest absolute Gasteiger partial charge is 0.279 e. The van der Waals surface area contributed by atoms with E-state index in [-0.39, 0.29) is 5.92 Å². The first-order valence-corrected chi connectivity index (χ1v) is 6.30. The lowest BCUT2D eigenvalue weighted by Gasteiger charge is -1.97. The van der Waals surface area contributed by atoms with E-state index in [2.05, 4.69) is 15.2 Å². The van der Waals surface area contributed by atoms with Gasteiger partial charge in [-0.15, -0.1) is 0 Å². The summed E-state index contributed by atoms with van der Waals surface area (Å²) in [5.74, 6) is 1.26. The molecule has 1 fully saturated rings. The van der Waals surface area contributed by atoms with Crippen LogP contribution in [0.4, 0.5) is 0 Å². The Kier molecular flexibility index (Phi) is 3.05. The molecule has 96 valence electrons. The second-order valence-corrected chi connectivity index (χ2v) is 4.61. The van der Waals surface area contributed by atoms with Crippen LogP contribution in [0.1, 0.15) is 25.1 Å². The molecule has 6 nitrogen and oxygen atoms in total. The fourth-order valence-corrected chi connectivity index (χ4v) is 2.17. The number of ether oxygens (including phenoxy) is 1. The van der Waals surface area contributed by atoms with Gasteiger partial charge in [0.25, 0.3) is 5.89 Å². The van der Waals surface area contributed by atoms with E-state index in [0.717, 1.165) is 19.6 Å². The van der Waals surface area contributed by atoms with Crippen molar-refractivity contribution in [2.24, 2.45) is 0 Å². The van der Waals surface area contributed by atoms with E-state index in [0.29, 0.717) is 29.0 Å². The van der Waals surface area contributed by atoms with Crippen LogP contribution in [-0.2, 0) is 11.3 Å². The van der Waals surface area contributed by atoms with Crippen LogP contribution in [0.3, 0.4) is 0 Å². The van der Waals surface area contributed by atoms with E-state index in [4.69, 9.17) is 20.9 Å². The molecule has 1 atom stereocenters. The normalized spacial score (nSPS) is 19.6. The molecule has 0 N–H and O–H groups in total. The molecule has 1 saturated heterocycles. The molecule has 0 radical (unpaired) electrons. The van der Waals surface area contributed by atoms with Crippen molar-refractivity contribution >= 4 is 11.6 Å². The minimum absolute atomic E-state index is 0.217. The van der Waals surface area contributed by atoms with Gasteiger partial charge in [0.1, 0.15) is 0 Å². The summed E-state index contributed by atoms with van der Waals surface area (Å²) in [6.07, 6.45) is 2.68. The maximum atomic E-state index is 6.09. The van der Waals surface area contributed by atoms with Crippen LogP contribution in [0.5, 0.6) is 0 Å². The monoisotopic (exact) mass is 268 g/mol. The Morgan fingerprint density at radius 2 is 2.44 bits per heavy atom. The van der Waals surface area contributed by atoms with Crippen molar-refractivity contribution in [1.29, 1.82) is 0 Å². The zero-order chi connectivity index (χ0) is 12.5. The molecule has 2 aromatic heterocycles. The molecule has 3 rings (SSSR count). The fraction of sp³-hybridized carbons (Fsp3) is 0.545. The van der Waals surface area contributed by atoms with E-state index in [1.165, 1.54) is 0 Å². The topological polar surface area (TPSA) is 66.0 Å². The zero-order valence-electron chi connectivity index (χ0n) is 9.97. The molecule has 2 aromatic rings. The van der Waals surface area contributed by atoms with Gasteiger partial charge in [0.05, 0.1) is 11.6 Å². The number of rotatable bonds is 3. The molecular weight excluding hydrogens is 256 g/mol. The Morgan fingerprint density at radius 1 is 1.56 bits per heavy atom. The molecular formula is C11H13ClN4O2. The summed E-state index contributed by atoms with van der Waals surface area (Å²) < 4.78 is 12.3. The zero-order valence-corrected chi connectivity index (χ0v) is 10.7. The van der Waals surface area contributed by atoms with Gasteiger partial charge in [0.15, 0.2) is 11.5 Å². The van der Waals surface area contributed by atoms with Gasteiger partial charge in [0.2, 0.25) is 0 Å². The van der Waals surface area contributed by atoms with Crippen LogP contribution in [0.15, 0.2) is 10.7 Å². The Labute approximate surface area is 109 Å². The number of aromatic nitrogens is 4. The average Bonchev–Trinajstić information content (AvgIpc) is 3.08. The highest BCUT2D eigenvalue weighted by Gasteiger charge is 2.24.